The summed E-state index contributed by atoms with van der Waals surface area (Å²) >= 11 is 1.72. The lowest BCUT2D eigenvalue weighted by Crippen LogP contribution is -2.49. The van der Waals surface area contributed by atoms with E-state index >= 15 is 0 Å². The number of benzene rings is 1. The maximum atomic E-state index is 13.5. The molecule has 2 heterocycles. The van der Waals surface area contributed by atoms with Gasteiger partial charge in [0, 0.05) is 23.9 Å². The molecular weight excluding hydrogens is 436 g/mol. The zero-order valence-electron chi connectivity index (χ0n) is 20.4. The number of amides is 2. The van der Waals surface area contributed by atoms with Crippen LogP contribution in [0.2, 0.25) is 0 Å². The number of carbonyl (C=O) groups excluding carboxylic acids is 2. The molecule has 0 radical (unpaired) electrons. The number of thiophene rings is 1. The van der Waals surface area contributed by atoms with Gasteiger partial charge in [0.25, 0.3) is 0 Å². The van der Waals surface area contributed by atoms with Gasteiger partial charge in [-0.05, 0) is 41.5 Å². The van der Waals surface area contributed by atoms with Crippen molar-refractivity contribution >= 4 is 23.2 Å². The number of hydrogen-bond donors (Lipinski definition) is 0. The van der Waals surface area contributed by atoms with Crippen LogP contribution >= 0.6 is 11.3 Å². The molecule has 2 atom stereocenters. The molecule has 7 heteroatoms. The lowest BCUT2D eigenvalue weighted by molar-refractivity contribution is -0.144. The van der Waals surface area contributed by atoms with Crippen molar-refractivity contribution < 1.29 is 19.1 Å². The van der Waals surface area contributed by atoms with E-state index < -0.39 is 0 Å². The minimum atomic E-state index is -0.197. The Hall–Kier alpha value is -2.54. The molecule has 0 saturated carbocycles. The van der Waals surface area contributed by atoms with Crippen LogP contribution in [0.3, 0.4) is 0 Å². The number of para-hydroxylation sites is 2. The molecule has 0 spiro atoms. The second-order valence-corrected chi connectivity index (χ2v) is 10.0. The van der Waals surface area contributed by atoms with E-state index in [2.05, 4.69) is 25.3 Å². The fourth-order valence-electron chi connectivity index (χ4n) is 4.14. The van der Waals surface area contributed by atoms with E-state index in [9.17, 15) is 9.59 Å². The Bertz CT molecular complexity index is 942. The van der Waals surface area contributed by atoms with E-state index in [4.69, 9.17) is 9.47 Å². The predicted octanol–water partition coefficient (Wildman–Crippen LogP) is 4.79. The molecule has 6 nitrogen and oxygen atoms in total. The summed E-state index contributed by atoms with van der Waals surface area (Å²) in [4.78, 5) is 31.3. The van der Waals surface area contributed by atoms with Crippen molar-refractivity contribution in [3.8, 4) is 11.5 Å². The zero-order valence-corrected chi connectivity index (χ0v) is 21.2. The molecule has 0 bridgehead atoms. The minimum absolute atomic E-state index is 0.0266. The quantitative estimate of drug-likeness (QED) is 0.499. The predicted molar refractivity (Wildman–Crippen MR) is 132 cm³/mol. The van der Waals surface area contributed by atoms with Gasteiger partial charge in [0.1, 0.15) is 6.61 Å². The minimum Gasteiger partial charge on any atom is -0.493 e. The van der Waals surface area contributed by atoms with Crippen LogP contribution in [0.1, 0.15) is 50.6 Å². The van der Waals surface area contributed by atoms with Gasteiger partial charge >= 0.3 is 0 Å². The molecule has 2 unspecified atom stereocenters. The number of fused-ring (bicyclic) bond motifs is 1. The molecule has 2 aromatic rings. The molecule has 0 N–H and O–H groups in total. The first-order chi connectivity index (χ1) is 15.8. The zero-order chi connectivity index (χ0) is 24.0. The van der Waals surface area contributed by atoms with Crippen molar-refractivity contribution in [1.82, 2.24) is 9.80 Å². The molecule has 1 aromatic carbocycles. The van der Waals surface area contributed by atoms with Crippen LogP contribution in [0.4, 0.5) is 0 Å². The summed E-state index contributed by atoms with van der Waals surface area (Å²) < 4.78 is 11.6. The lowest BCUT2D eigenvalue weighted by atomic mass is 10.00. The SMILES string of the molecule is CCC(C)CN(CC(=O)N1CCc2sccc2C1COc1ccccc1OC)C(=O)C(C)C. The number of ether oxygens (including phenoxy) is 2. The normalized spacial score (nSPS) is 16.3. The summed E-state index contributed by atoms with van der Waals surface area (Å²) in [6.07, 6.45) is 1.79. The van der Waals surface area contributed by atoms with Crippen molar-refractivity contribution in [1.29, 1.82) is 0 Å². The molecule has 33 heavy (non-hydrogen) atoms. The summed E-state index contributed by atoms with van der Waals surface area (Å²) in [5, 5.41) is 2.08. The molecule has 0 fully saturated rings. The van der Waals surface area contributed by atoms with Gasteiger partial charge in [0.15, 0.2) is 11.5 Å². The topological polar surface area (TPSA) is 59.1 Å². The Kier molecular flexibility index (Phi) is 8.78. The fourth-order valence-corrected chi connectivity index (χ4v) is 5.07. The molecule has 3 rings (SSSR count). The highest BCUT2D eigenvalue weighted by molar-refractivity contribution is 7.10. The van der Waals surface area contributed by atoms with E-state index in [1.165, 1.54) is 4.88 Å². The number of hydrogen-bond acceptors (Lipinski definition) is 5. The van der Waals surface area contributed by atoms with Crippen molar-refractivity contribution in [2.75, 3.05) is 33.4 Å². The molecular formula is C26H36N2O4S. The maximum absolute atomic E-state index is 13.5. The first-order valence-corrected chi connectivity index (χ1v) is 12.6. The summed E-state index contributed by atoms with van der Waals surface area (Å²) in [6.45, 7) is 9.66. The number of methoxy groups -OCH3 is 1. The fraction of sp³-hybridized carbons (Fsp3) is 0.538. The first kappa shape index (κ1) is 25.1. The van der Waals surface area contributed by atoms with Crippen LogP contribution in [0.15, 0.2) is 35.7 Å². The number of rotatable bonds is 10. The lowest BCUT2D eigenvalue weighted by Gasteiger charge is -2.37. The Morgan fingerprint density at radius 3 is 2.58 bits per heavy atom. The summed E-state index contributed by atoms with van der Waals surface area (Å²) in [5.41, 5.74) is 1.14. The van der Waals surface area contributed by atoms with E-state index in [0.717, 1.165) is 18.4 Å². The van der Waals surface area contributed by atoms with E-state index in [1.807, 2.05) is 43.0 Å². The van der Waals surface area contributed by atoms with Crippen LogP contribution in [0, 0.1) is 11.8 Å². The van der Waals surface area contributed by atoms with Crippen LogP contribution in [-0.2, 0) is 16.0 Å². The van der Waals surface area contributed by atoms with Gasteiger partial charge in [-0.25, -0.2) is 0 Å². The van der Waals surface area contributed by atoms with Gasteiger partial charge in [-0.3, -0.25) is 9.59 Å². The molecule has 1 aliphatic rings. The van der Waals surface area contributed by atoms with Crippen molar-refractivity contribution in [2.24, 2.45) is 11.8 Å². The van der Waals surface area contributed by atoms with E-state index in [-0.39, 0.29) is 30.3 Å². The van der Waals surface area contributed by atoms with E-state index in [1.54, 1.807) is 23.3 Å². The highest BCUT2D eigenvalue weighted by Crippen LogP contribution is 2.35. The Balaban J connectivity index is 1.80. The van der Waals surface area contributed by atoms with Crippen LogP contribution in [0.25, 0.3) is 0 Å². The monoisotopic (exact) mass is 472 g/mol. The van der Waals surface area contributed by atoms with Crippen LogP contribution in [-0.4, -0.2) is 55.0 Å². The first-order valence-electron chi connectivity index (χ1n) is 11.8. The van der Waals surface area contributed by atoms with Crippen LogP contribution in [0.5, 0.6) is 11.5 Å². The summed E-state index contributed by atoms with van der Waals surface area (Å²) in [7, 11) is 1.62. The van der Waals surface area contributed by atoms with Crippen molar-refractivity contribution in [2.45, 2.75) is 46.6 Å². The standard InChI is InChI=1S/C26H36N2O4S/c1-6-19(4)15-27(26(30)18(2)3)16-25(29)28-13-11-24-20(12-14-33-24)21(28)17-32-23-10-8-7-9-22(23)31-5/h7-10,12,14,18-19,21H,6,11,13,15-17H2,1-5H3. The Labute approximate surface area is 201 Å². The van der Waals surface area contributed by atoms with Gasteiger partial charge in [-0.1, -0.05) is 46.2 Å². The van der Waals surface area contributed by atoms with Gasteiger partial charge in [-0.15, -0.1) is 11.3 Å². The second-order valence-electron chi connectivity index (χ2n) is 9.00. The second kappa shape index (κ2) is 11.5. The molecule has 0 aliphatic carbocycles. The average molecular weight is 473 g/mol. The maximum Gasteiger partial charge on any atom is 0.242 e. The van der Waals surface area contributed by atoms with Gasteiger partial charge in [0.05, 0.1) is 19.7 Å². The van der Waals surface area contributed by atoms with Crippen molar-refractivity contribution in [3.63, 3.8) is 0 Å². The third-order valence-corrected chi connectivity index (χ3v) is 7.24. The highest BCUT2D eigenvalue weighted by atomic mass is 32.1. The third kappa shape index (κ3) is 6.08. The largest absolute Gasteiger partial charge is 0.493 e. The average Bonchev–Trinajstić information content (AvgIpc) is 3.30. The third-order valence-electron chi connectivity index (χ3n) is 6.24. The Morgan fingerprint density at radius 2 is 1.91 bits per heavy atom. The summed E-state index contributed by atoms with van der Waals surface area (Å²) in [5.74, 6) is 1.52. The highest BCUT2D eigenvalue weighted by Gasteiger charge is 2.34. The molecule has 2 amide bonds. The smallest absolute Gasteiger partial charge is 0.242 e. The summed E-state index contributed by atoms with van der Waals surface area (Å²) in [6, 6.07) is 9.43. The van der Waals surface area contributed by atoms with E-state index in [0.29, 0.717) is 37.1 Å². The van der Waals surface area contributed by atoms with Crippen molar-refractivity contribution in [3.05, 3.63) is 46.2 Å². The molecule has 0 saturated heterocycles. The van der Waals surface area contributed by atoms with Gasteiger partial charge < -0.3 is 19.3 Å². The Morgan fingerprint density at radius 1 is 1.18 bits per heavy atom. The van der Waals surface area contributed by atoms with Gasteiger partial charge in [-0.2, -0.15) is 0 Å². The molecule has 1 aromatic heterocycles. The number of carbonyl (C=O) groups is 2. The van der Waals surface area contributed by atoms with Gasteiger partial charge in [0.2, 0.25) is 11.8 Å². The molecule has 180 valence electrons. The number of nitrogens with zero attached hydrogens (tertiary/aromatic N) is 2. The van der Waals surface area contributed by atoms with Crippen LogP contribution < -0.4 is 9.47 Å². The molecule has 1 aliphatic heterocycles.